The first kappa shape index (κ1) is 10.7. The number of hydrogen-bond donors (Lipinski definition) is 3. The first-order valence-corrected chi connectivity index (χ1v) is 5.94. The standard InChI is InChI=1S/C11H21N3O/c12-10(14-15)2-1-7-13-8-11(5-6-11)9-3-4-9/h9,13,15H,1-8H2,(H2,12,14). The average Bonchev–Trinajstić information content (AvgIpc) is 3.08. The summed E-state index contributed by atoms with van der Waals surface area (Å²) in [4.78, 5) is 0. The Kier molecular flexibility index (Phi) is 3.14. The number of amidine groups is 1. The van der Waals surface area contributed by atoms with Crippen molar-refractivity contribution in [2.45, 2.75) is 38.5 Å². The van der Waals surface area contributed by atoms with Crippen LogP contribution in [0.15, 0.2) is 5.16 Å². The Morgan fingerprint density at radius 1 is 1.47 bits per heavy atom. The Balaban J connectivity index is 1.52. The molecule has 2 rings (SSSR count). The molecule has 4 N–H and O–H groups in total. The predicted molar refractivity (Wildman–Crippen MR) is 59.9 cm³/mol. The van der Waals surface area contributed by atoms with Gasteiger partial charge in [0.25, 0.3) is 0 Å². The minimum atomic E-state index is 0.333. The molecule has 0 aromatic carbocycles. The Morgan fingerprint density at radius 3 is 2.73 bits per heavy atom. The molecule has 4 nitrogen and oxygen atoms in total. The highest BCUT2D eigenvalue weighted by atomic mass is 16.4. The molecule has 0 unspecified atom stereocenters. The van der Waals surface area contributed by atoms with Crippen LogP contribution in [-0.2, 0) is 0 Å². The molecule has 0 radical (unpaired) electrons. The van der Waals surface area contributed by atoms with Gasteiger partial charge in [-0.25, -0.2) is 0 Å². The van der Waals surface area contributed by atoms with Crippen LogP contribution in [0.1, 0.15) is 38.5 Å². The van der Waals surface area contributed by atoms with E-state index in [1.54, 1.807) is 0 Å². The van der Waals surface area contributed by atoms with Crippen LogP contribution in [0, 0.1) is 11.3 Å². The summed E-state index contributed by atoms with van der Waals surface area (Å²) in [6.45, 7) is 2.15. The molecule has 0 aliphatic heterocycles. The molecule has 0 atom stereocenters. The van der Waals surface area contributed by atoms with Crippen LogP contribution in [-0.4, -0.2) is 24.1 Å². The van der Waals surface area contributed by atoms with Crippen molar-refractivity contribution in [3.63, 3.8) is 0 Å². The van der Waals surface area contributed by atoms with E-state index < -0.39 is 0 Å². The number of nitrogens with one attached hydrogen (secondary N) is 1. The molecule has 2 aliphatic rings. The Morgan fingerprint density at radius 2 is 2.20 bits per heavy atom. The maximum Gasteiger partial charge on any atom is 0.139 e. The second kappa shape index (κ2) is 4.39. The second-order valence-electron chi connectivity index (χ2n) is 5.01. The fourth-order valence-electron chi connectivity index (χ4n) is 2.37. The highest BCUT2D eigenvalue weighted by molar-refractivity contribution is 5.79. The summed E-state index contributed by atoms with van der Waals surface area (Å²) in [7, 11) is 0. The maximum atomic E-state index is 8.35. The summed E-state index contributed by atoms with van der Waals surface area (Å²) in [5, 5.41) is 14.8. The van der Waals surface area contributed by atoms with Crippen molar-refractivity contribution >= 4 is 5.84 Å². The fraction of sp³-hybridized carbons (Fsp3) is 0.909. The van der Waals surface area contributed by atoms with Crippen LogP contribution in [0.2, 0.25) is 0 Å². The summed E-state index contributed by atoms with van der Waals surface area (Å²) < 4.78 is 0. The first-order chi connectivity index (χ1) is 7.27. The highest BCUT2D eigenvalue weighted by Gasteiger charge is 2.52. The Bertz CT molecular complexity index is 244. The summed E-state index contributed by atoms with van der Waals surface area (Å²) >= 11 is 0. The lowest BCUT2D eigenvalue weighted by molar-refractivity contribution is 0.316. The van der Waals surface area contributed by atoms with Crippen LogP contribution < -0.4 is 11.1 Å². The lowest BCUT2D eigenvalue weighted by atomic mass is 10.0. The summed E-state index contributed by atoms with van der Waals surface area (Å²) in [5.41, 5.74) is 6.06. The molecule has 0 heterocycles. The summed E-state index contributed by atoms with van der Waals surface area (Å²) in [6, 6.07) is 0. The van der Waals surface area contributed by atoms with E-state index in [-0.39, 0.29) is 0 Å². The summed E-state index contributed by atoms with van der Waals surface area (Å²) in [5.74, 6) is 1.36. The van der Waals surface area contributed by atoms with Crippen molar-refractivity contribution in [3.8, 4) is 0 Å². The van der Waals surface area contributed by atoms with Gasteiger partial charge in [-0.15, -0.1) is 0 Å². The number of nitrogens with zero attached hydrogens (tertiary/aromatic N) is 1. The van der Waals surface area contributed by atoms with Crippen LogP contribution >= 0.6 is 0 Å². The predicted octanol–water partition coefficient (Wildman–Crippen LogP) is 1.29. The Hall–Kier alpha value is -0.770. The van der Waals surface area contributed by atoms with Crippen molar-refractivity contribution in [1.29, 1.82) is 0 Å². The molecule has 0 amide bonds. The van der Waals surface area contributed by atoms with Gasteiger partial charge in [0, 0.05) is 13.0 Å². The van der Waals surface area contributed by atoms with Gasteiger partial charge < -0.3 is 16.3 Å². The normalized spacial score (nSPS) is 24.1. The largest absolute Gasteiger partial charge is 0.409 e. The van der Waals surface area contributed by atoms with E-state index in [1.807, 2.05) is 0 Å². The molecule has 0 aromatic heterocycles. The van der Waals surface area contributed by atoms with E-state index in [1.165, 1.54) is 32.2 Å². The minimum absolute atomic E-state index is 0.333. The number of oxime groups is 1. The summed E-state index contributed by atoms with van der Waals surface area (Å²) in [6.07, 6.45) is 7.38. The van der Waals surface area contributed by atoms with Gasteiger partial charge in [-0.2, -0.15) is 0 Å². The molecule has 0 spiro atoms. The van der Waals surface area contributed by atoms with Gasteiger partial charge in [0.15, 0.2) is 0 Å². The third-order valence-electron chi connectivity index (χ3n) is 3.73. The number of rotatable bonds is 7. The van der Waals surface area contributed by atoms with E-state index >= 15 is 0 Å². The van der Waals surface area contributed by atoms with Crippen LogP contribution in [0.25, 0.3) is 0 Å². The molecule has 2 aliphatic carbocycles. The van der Waals surface area contributed by atoms with E-state index in [9.17, 15) is 0 Å². The molecule has 2 fully saturated rings. The fourth-order valence-corrected chi connectivity index (χ4v) is 2.37. The monoisotopic (exact) mass is 211 g/mol. The van der Waals surface area contributed by atoms with Crippen molar-refractivity contribution in [1.82, 2.24) is 5.32 Å². The van der Waals surface area contributed by atoms with Gasteiger partial charge in [0.1, 0.15) is 5.84 Å². The van der Waals surface area contributed by atoms with E-state index in [0.29, 0.717) is 17.7 Å². The van der Waals surface area contributed by atoms with Crippen molar-refractivity contribution in [3.05, 3.63) is 0 Å². The van der Waals surface area contributed by atoms with Gasteiger partial charge in [0.2, 0.25) is 0 Å². The molecule has 0 bridgehead atoms. The second-order valence-corrected chi connectivity index (χ2v) is 5.01. The van der Waals surface area contributed by atoms with Crippen LogP contribution in [0.5, 0.6) is 0 Å². The zero-order valence-corrected chi connectivity index (χ0v) is 9.21. The first-order valence-electron chi connectivity index (χ1n) is 5.94. The average molecular weight is 211 g/mol. The maximum absolute atomic E-state index is 8.35. The zero-order valence-electron chi connectivity index (χ0n) is 9.21. The number of nitrogens with two attached hydrogens (primary N) is 1. The van der Waals surface area contributed by atoms with Gasteiger partial charge >= 0.3 is 0 Å². The van der Waals surface area contributed by atoms with Gasteiger partial charge in [0.05, 0.1) is 0 Å². The van der Waals surface area contributed by atoms with Crippen molar-refractivity contribution in [2.75, 3.05) is 13.1 Å². The van der Waals surface area contributed by atoms with Crippen molar-refractivity contribution < 1.29 is 5.21 Å². The van der Waals surface area contributed by atoms with E-state index in [2.05, 4.69) is 10.5 Å². The van der Waals surface area contributed by atoms with Gasteiger partial charge in [-0.1, -0.05) is 5.16 Å². The van der Waals surface area contributed by atoms with E-state index in [0.717, 1.165) is 18.9 Å². The van der Waals surface area contributed by atoms with Gasteiger partial charge in [-0.3, -0.25) is 0 Å². The Labute approximate surface area is 90.9 Å². The molecule has 86 valence electrons. The van der Waals surface area contributed by atoms with Crippen LogP contribution in [0.4, 0.5) is 0 Å². The molecule has 4 heteroatoms. The lowest BCUT2D eigenvalue weighted by Crippen LogP contribution is -2.27. The van der Waals surface area contributed by atoms with E-state index in [4.69, 9.17) is 10.9 Å². The topological polar surface area (TPSA) is 70.6 Å². The highest BCUT2D eigenvalue weighted by Crippen LogP contribution is 2.60. The molecule has 0 aromatic rings. The number of hydrogen-bond acceptors (Lipinski definition) is 3. The smallest absolute Gasteiger partial charge is 0.139 e. The third kappa shape index (κ3) is 2.84. The quantitative estimate of drug-likeness (QED) is 0.195. The molecule has 2 saturated carbocycles. The van der Waals surface area contributed by atoms with Crippen LogP contribution in [0.3, 0.4) is 0 Å². The molecular weight excluding hydrogens is 190 g/mol. The molecular formula is C11H21N3O. The van der Waals surface area contributed by atoms with Crippen molar-refractivity contribution in [2.24, 2.45) is 22.2 Å². The van der Waals surface area contributed by atoms with Gasteiger partial charge in [-0.05, 0) is 50.0 Å². The molecule has 15 heavy (non-hydrogen) atoms. The SMILES string of the molecule is NC(CCCNCC1(C2CC2)CC1)=NO. The zero-order chi connectivity index (χ0) is 10.7. The third-order valence-corrected chi connectivity index (χ3v) is 3.73. The molecule has 0 saturated heterocycles. The minimum Gasteiger partial charge on any atom is -0.409 e. The lowest BCUT2D eigenvalue weighted by Gasteiger charge is -2.14.